The molecule has 0 radical (unpaired) electrons. The second kappa shape index (κ2) is 14.0. The molecule has 1 amide bonds. The Kier molecular flexibility index (Phi) is 9.99. The molecule has 0 bridgehead atoms. The van der Waals surface area contributed by atoms with E-state index in [4.69, 9.17) is 27.9 Å². The van der Waals surface area contributed by atoms with Crippen LogP contribution < -0.4 is 16.9 Å². The first kappa shape index (κ1) is 32.9. The van der Waals surface area contributed by atoms with Gasteiger partial charge < -0.3 is 26.5 Å². The molecule has 5 N–H and O–H groups in total. The molecular formula is C37H51ClN6O2. The van der Waals surface area contributed by atoms with Crippen LogP contribution in [0.25, 0.3) is 10.9 Å². The Labute approximate surface area is 279 Å². The first-order valence-corrected chi connectivity index (χ1v) is 17.4. The molecule has 0 spiro atoms. The average Bonchev–Trinajstić information content (AvgIpc) is 3.74. The highest BCUT2D eigenvalue weighted by Gasteiger charge is 2.41. The molecule has 3 fully saturated rings. The number of nitrogens with zero attached hydrogens (tertiary/aromatic N) is 3. The number of ether oxygens (including phenoxy) is 1. The van der Waals surface area contributed by atoms with Crippen LogP contribution in [0, 0.1) is 18.8 Å². The van der Waals surface area contributed by atoms with Crippen molar-refractivity contribution in [2.45, 2.75) is 89.6 Å². The number of para-hydroxylation sites is 1. The summed E-state index contributed by atoms with van der Waals surface area (Å²) in [6, 6.07) is 12.8. The number of rotatable bonds is 10. The Bertz CT molecular complexity index is 1550. The third-order valence-corrected chi connectivity index (χ3v) is 11.2. The fourth-order valence-electron chi connectivity index (χ4n) is 7.93. The number of carbonyl (C=O) groups excluding carboxylic acids is 1. The number of aryl methyl sites for hydroxylation is 1. The van der Waals surface area contributed by atoms with Crippen LogP contribution in [0.4, 0.5) is 5.69 Å². The normalized spacial score (nSPS) is 27.7. The molecule has 1 saturated carbocycles. The van der Waals surface area contributed by atoms with Gasteiger partial charge in [0.25, 0.3) is 0 Å². The Hall–Kier alpha value is -3.04. The van der Waals surface area contributed by atoms with Crippen molar-refractivity contribution in [3.05, 3.63) is 77.0 Å². The fraction of sp³-hybridized carbons (Fsp3) is 0.541. The number of benzene rings is 2. The van der Waals surface area contributed by atoms with Crippen molar-refractivity contribution >= 4 is 34.1 Å². The molecule has 248 valence electrons. The zero-order valence-corrected chi connectivity index (χ0v) is 28.4. The largest absolute Gasteiger partial charge is 0.377 e. The Morgan fingerprint density at radius 1 is 1.17 bits per heavy atom. The van der Waals surface area contributed by atoms with Gasteiger partial charge in [-0.15, -0.1) is 6.58 Å². The van der Waals surface area contributed by atoms with E-state index in [-0.39, 0.29) is 30.1 Å². The SMILES string of the molecule is C=CC1CN(C2CC(COC3CCC(N)CC3)N(C(=O)Cc3cc(Cl)c(NC(C)c4cn(N)c5ccccc45)cc3C)C2)C[C@@H]1C. The highest BCUT2D eigenvalue weighted by Crippen LogP contribution is 2.35. The minimum absolute atomic E-state index is 0.0183. The monoisotopic (exact) mass is 646 g/mol. The topological polar surface area (TPSA) is 102 Å². The number of aromatic nitrogens is 1. The van der Waals surface area contributed by atoms with E-state index in [9.17, 15) is 4.79 Å². The number of fused-ring (bicyclic) bond motifs is 1. The van der Waals surface area contributed by atoms with E-state index >= 15 is 0 Å². The van der Waals surface area contributed by atoms with Gasteiger partial charge in [-0.2, -0.15) is 0 Å². The van der Waals surface area contributed by atoms with E-state index < -0.39 is 0 Å². The third kappa shape index (κ3) is 6.96. The van der Waals surface area contributed by atoms with Gasteiger partial charge in [-0.1, -0.05) is 42.8 Å². The van der Waals surface area contributed by atoms with E-state index in [2.05, 4.69) is 60.7 Å². The van der Waals surface area contributed by atoms with Crippen LogP contribution in [0.15, 0.2) is 55.3 Å². The van der Waals surface area contributed by atoms with Gasteiger partial charge >= 0.3 is 0 Å². The van der Waals surface area contributed by atoms with E-state index in [0.717, 1.165) is 85.0 Å². The van der Waals surface area contributed by atoms with Crippen molar-refractivity contribution in [3.63, 3.8) is 0 Å². The van der Waals surface area contributed by atoms with Crippen LogP contribution in [0.2, 0.25) is 5.02 Å². The van der Waals surface area contributed by atoms with E-state index in [1.54, 1.807) is 4.68 Å². The zero-order valence-electron chi connectivity index (χ0n) is 27.6. The molecule has 46 heavy (non-hydrogen) atoms. The summed E-state index contributed by atoms with van der Waals surface area (Å²) in [5.41, 5.74) is 11.1. The van der Waals surface area contributed by atoms with Crippen molar-refractivity contribution in [2.75, 3.05) is 37.4 Å². The maximum Gasteiger partial charge on any atom is 0.227 e. The molecule has 5 atom stereocenters. The van der Waals surface area contributed by atoms with Crippen molar-refractivity contribution in [2.24, 2.45) is 17.6 Å². The quantitative estimate of drug-likeness (QED) is 0.183. The molecule has 3 heterocycles. The molecule has 3 aromatic rings. The number of halogens is 1. The molecular weight excluding hydrogens is 596 g/mol. The number of nitrogens with two attached hydrogens (primary N) is 2. The molecule has 2 saturated heterocycles. The van der Waals surface area contributed by atoms with Crippen molar-refractivity contribution < 1.29 is 9.53 Å². The lowest BCUT2D eigenvalue weighted by Crippen LogP contribution is -2.41. The molecule has 1 aromatic heterocycles. The standard InChI is InChI=1S/C37H51ClN6O2/c1-5-26-19-42(18-24(26)3)29-17-30(22-46-31-12-10-28(39)11-13-31)43(20-29)37(45)16-27-15-34(38)35(14-23(27)2)41-25(4)33-21-44(40)36-9-7-6-8-32(33)36/h5-9,14-15,21,24-26,28-31,41H,1,10-13,16-20,22,39-40H2,2-4H3/t24-,25?,26?,28?,29?,30?,31?/m0/s1. The fourth-order valence-corrected chi connectivity index (χ4v) is 8.17. The maximum absolute atomic E-state index is 14.0. The third-order valence-electron chi connectivity index (χ3n) is 10.9. The lowest BCUT2D eigenvalue weighted by molar-refractivity contribution is -0.133. The number of carbonyl (C=O) groups is 1. The Balaban J connectivity index is 1.15. The minimum atomic E-state index is -0.0183. The summed E-state index contributed by atoms with van der Waals surface area (Å²) in [7, 11) is 0. The van der Waals surface area contributed by atoms with Gasteiger partial charge in [0, 0.05) is 48.9 Å². The van der Waals surface area contributed by atoms with Gasteiger partial charge in [0.2, 0.25) is 5.91 Å². The van der Waals surface area contributed by atoms with Crippen molar-refractivity contribution in [1.82, 2.24) is 14.5 Å². The summed E-state index contributed by atoms with van der Waals surface area (Å²) in [4.78, 5) is 18.7. The molecule has 2 aliphatic heterocycles. The highest BCUT2D eigenvalue weighted by atomic mass is 35.5. The van der Waals surface area contributed by atoms with E-state index in [1.165, 1.54) is 0 Å². The lowest BCUT2D eigenvalue weighted by Gasteiger charge is -2.30. The van der Waals surface area contributed by atoms with Gasteiger partial charge in [0.1, 0.15) is 0 Å². The van der Waals surface area contributed by atoms with Gasteiger partial charge in [0.15, 0.2) is 0 Å². The summed E-state index contributed by atoms with van der Waals surface area (Å²) in [5.74, 6) is 7.44. The summed E-state index contributed by atoms with van der Waals surface area (Å²) in [6.45, 7) is 13.9. The maximum atomic E-state index is 14.0. The number of hydrogen-bond acceptors (Lipinski definition) is 6. The van der Waals surface area contributed by atoms with Crippen LogP contribution >= 0.6 is 11.6 Å². The Morgan fingerprint density at radius 2 is 1.93 bits per heavy atom. The predicted molar refractivity (Wildman–Crippen MR) is 189 cm³/mol. The molecule has 6 rings (SSSR count). The molecule has 8 nitrogen and oxygen atoms in total. The van der Waals surface area contributed by atoms with Crippen LogP contribution in [-0.2, 0) is 16.0 Å². The number of nitrogens with one attached hydrogen (secondary N) is 1. The minimum Gasteiger partial charge on any atom is -0.377 e. The van der Waals surface area contributed by atoms with Crippen molar-refractivity contribution in [1.29, 1.82) is 0 Å². The molecule has 4 unspecified atom stereocenters. The number of nitrogen functional groups attached to an aromatic ring is 1. The molecule has 9 heteroatoms. The second-order valence-corrected chi connectivity index (χ2v) is 14.5. The number of hydrogen-bond donors (Lipinski definition) is 3. The average molecular weight is 647 g/mol. The summed E-state index contributed by atoms with van der Waals surface area (Å²) >= 11 is 6.86. The van der Waals surface area contributed by atoms with Crippen molar-refractivity contribution in [3.8, 4) is 0 Å². The second-order valence-electron chi connectivity index (χ2n) is 14.1. The summed E-state index contributed by atoms with van der Waals surface area (Å²) in [5, 5.41) is 5.30. The number of anilines is 1. The first-order valence-electron chi connectivity index (χ1n) is 17.0. The number of likely N-dealkylation sites (tertiary alicyclic amines) is 2. The summed E-state index contributed by atoms with van der Waals surface area (Å²) in [6.07, 6.45) is 9.57. The lowest BCUT2D eigenvalue weighted by atomic mass is 9.94. The first-order chi connectivity index (χ1) is 22.1. The molecule has 1 aliphatic carbocycles. The van der Waals surface area contributed by atoms with Gasteiger partial charge in [-0.05, 0) is 87.1 Å². The molecule has 3 aliphatic rings. The molecule has 2 aromatic carbocycles. The van der Waals surface area contributed by atoms with Gasteiger partial charge in [0.05, 0.1) is 47.4 Å². The number of amides is 1. The highest BCUT2D eigenvalue weighted by molar-refractivity contribution is 6.33. The van der Waals surface area contributed by atoms with Crippen LogP contribution in [-0.4, -0.2) is 70.9 Å². The van der Waals surface area contributed by atoms with Gasteiger partial charge in [-0.3, -0.25) is 14.4 Å². The van der Waals surface area contributed by atoms with E-state index in [1.807, 2.05) is 30.5 Å². The van der Waals surface area contributed by atoms with Crippen LogP contribution in [0.5, 0.6) is 0 Å². The van der Waals surface area contributed by atoms with Crippen LogP contribution in [0.1, 0.15) is 68.7 Å². The zero-order chi connectivity index (χ0) is 32.5. The van der Waals surface area contributed by atoms with E-state index in [0.29, 0.717) is 35.9 Å². The van der Waals surface area contributed by atoms with Crippen LogP contribution in [0.3, 0.4) is 0 Å². The Morgan fingerprint density at radius 3 is 2.67 bits per heavy atom. The smallest absolute Gasteiger partial charge is 0.227 e. The predicted octanol–water partition coefficient (Wildman–Crippen LogP) is 6.04. The summed E-state index contributed by atoms with van der Waals surface area (Å²) < 4.78 is 8.12. The van der Waals surface area contributed by atoms with Gasteiger partial charge in [-0.25, -0.2) is 0 Å².